The van der Waals surface area contributed by atoms with Crippen molar-refractivity contribution in [3.63, 3.8) is 0 Å². The molecule has 13 nitrogen and oxygen atoms in total. The Bertz CT molecular complexity index is 1080. The van der Waals surface area contributed by atoms with Gasteiger partial charge in [-0.25, -0.2) is 9.36 Å². The second-order valence-corrected chi connectivity index (χ2v) is 9.06. The fourth-order valence-electron chi connectivity index (χ4n) is 3.30. The number of rotatable bonds is 10. The minimum atomic E-state index is -4.16. The summed E-state index contributed by atoms with van der Waals surface area (Å²) < 4.78 is 41.4. The Morgan fingerprint density at radius 1 is 1.32 bits per heavy atom. The molecule has 0 amide bonds. The van der Waals surface area contributed by atoms with Crippen molar-refractivity contribution in [2.24, 2.45) is 0 Å². The molecule has 3 rings (SSSR count). The molecule has 4 N–H and O–H groups in total. The Kier molecular flexibility index (Phi) is 8.42. The molecule has 14 heteroatoms. The maximum Gasteiger partial charge on any atom is 0.459 e. The van der Waals surface area contributed by atoms with Crippen molar-refractivity contribution in [1.29, 1.82) is 0 Å². The number of hydrogen-bond donors (Lipinski definition) is 3. The van der Waals surface area contributed by atoms with Gasteiger partial charge in [0.2, 0.25) is 0 Å². The lowest BCUT2D eigenvalue weighted by molar-refractivity contribution is -0.142. The molecule has 1 fully saturated rings. The second kappa shape index (κ2) is 11.1. The van der Waals surface area contributed by atoms with Gasteiger partial charge in [-0.15, -0.1) is 0 Å². The molecule has 34 heavy (non-hydrogen) atoms. The van der Waals surface area contributed by atoms with Gasteiger partial charge in [0.15, 0.2) is 6.23 Å². The summed E-state index contributed by atoms with van der Waals surface area (Å²) in [6.45, 7) is 0.994. The van der Waals surface area contributed by atoms with Crippen LogP contribution in [0.1, 0.15) is 13.2 Å². The number of aliphatic hydroxyl groups excluding tert-OH is 1. The number of nitrogens with two attached hydrogens (primary N) is 1. The predicted molar refractivity (Wildman–Crippen MR) is 119 cm³/mol. The van der Waals surface area contributed by atoms with E-state index in [1.54, 1.807) is 30.3 Å². The summed E-state index contributed by atoms with van der Waals surface area (Å²) in [7, 11) is -1.63. The van der Waals surface area contributed by atoms with Crippen molar-refractivity contribution in [2.45, 2.75) is 37.5 Å². The van der Waals surface area contributed by atoms with Crippen LogP contribution in [0.4, 0.5) is 5.82 Å². The Morgan fingerprint density at radius 3 is 2.65 bits per heavy atom. The standard InChI is InChI=1S/C20H27N4O9P/c1-12(19(26)30-3)23-34(28,33-13-7-5-4-6-8-13)31-11-14-16(25)17(29-2)18(32-14)24-10-9-15(21)22-20(24)27/h4-10,12,14,16-18,25H,11H2,1-3H3,(H,23,28)(H2,21,22,27)/t12-,14+,16+,17+,18+,34?/m0/s1. The fraction of sp³-hybridized carbons (Fsp3) is 0.450. The highest BCUT2D eigenvalue weighted by Crippen LogP contribution is 2.46. The molecule has 1 aromatic carbocycles. The molecule has 0 aliphatic carbocycles. The first-order chi connectivity index (χ1) is 16.2. The number of nitrogens with one attached hydrogen (secondary N) is 1. The van der Waals surface area contributed by atoms with Crippen molar-refractivity contribution < 1.29 is 37.7 Å². The smallest absolute Gasteiger partial charge is 0.459 e. The number of anilines is 1. The van der Waals surface area contributed by atoms with Crippen molar-refractivity contribution in [3.05, 3.63) is 53.1 Å². The Balaban J connectivity index is 1.78. The highest BCUT2D eigenvalue weighted by Gasteiger charge is 2.47. The van der Waals surface area contributed by atoms with Crippen LogP contribution >= 0.6 is 7.75 Å². The van der Waals surface area contributed by atoms with E-state index < -0.39 is 56.6 Å². The molecule has 0 spiro atoms. The molecule has 1 aliphatic heterocycles. The second-order valence-electron chi connectivity index (χ2n) is 7.37. The lowest BCUT2D eigenvalue weighted by atomic mass is 10.1. The fourth-order valence-corrected chi connectivity index (χ4v) is 4.80. The lowest BCUT2D eigenvalue weighted by Crippen LogP contribution is -2.38. The molecule has 1 unspecified atom stereocenters. The number of para-hydroxylation sites is 1. The maximum absolute atomic E-state index is 13.5. The van der Waals surface area contributed by atoms with Gasteiger partial charge in [0.25, 0.3) is 0 Å². The first kappa shape index (κ1) is 25.8. The van der Waals surface area contributed by atoms with Gasteiger partial charge >= 0.3 is 19.4 Å². The summed E-state index contributed by atoms with van der Waals surface area (Å²) in [4.78, 5) is 27.7. The van der Waals surface area contributed by atoms with Crippen molar-refractivity contribution in [3.8, 4) is 5.75 Å². The van der Waals surface area contributed by atoms with Crippen LogP contribution in [0, 0.1) is 0 Å². The molecule has 186 valence electrons. The van der Waals surface area contributed by atoms with E-state index >= 15 is 0 Å². The number of aliphatic hydroxyl groups is 1. The average Bonchev–Trinajstić information content (AvgIpc) is 3.12. The monoisotopic (exact) mass is 498 g/mol. The normalized spacial score (nSPS) is 24.8. The zero-order valence-corrected chi connectivity index (χ0v) is 19.7. The third-order valence-corrected chi connectivity index (χ3v) is 6.64. The number of carbonyl (C=O) groups is 1. The van der Waals surface area contributed by atoms with E-state index in [0.717, 1.165) is 4.57 Å². The number of nitrogens with zero attached hydrogens (tertiary/aromatic N) is 2. The SMILES string of the molecule is COC(=O)[C@H](C)NP(=O)(OC[C@H]1O[C@@H](n2ccc(N)nc2=O)[C@H](OC)[C@@H]1O)Oc1ccccc1. The van der Waals surface area contributed by atoms with E-state index in [-0.39, 0.29) is 11.6 Å². The van der Waals surface area contributed by atoms with E-state index in [1.165, 1.54) is 33.4 Å². The third kappa shape index (κ3) is 6.00. The van der Waals surface area contributed by atoms with E-state index in [4.69, 9.17) is 24.3 Å². The number of nitrogen functional groups attached to an aromatic ring is 1. The summed E-state index contributed by atoms with van der Waals surface area (Å²) in [6.07, 6.45) is -2.98. The van der Waals surface area contributed by atoms with Crippen molar-refractivity contribution in [1.82, 2.24) is 14.6 Å². The van der Waals surface area contributed by atoms with Crippen LogP contribution in [-0.2, 0) is 28.1 Å². The number of esters is 1. The van der Waals surface area contributed by atoms with Crippen LogP contribution in [-0.4, -0.2) is 65.8 Å². The zero-order chi connectivity index (χ0) is 24.9. The van der Waals surface area contributed by atoms with Gasteiger partial charge in [0, 0.05) is 13.3 Å². The quantitative estimate of drug-likeness (QED) is 0.305. The van der Waals surface area contributed by atoms with Crippen LogP contribution in [0.3, 0.4) is 0 Å². The largest absolute Gasteiger partial charge is 0.468 e. The van der Waals surface area contributed by atoms with Crippen LogP contribution in [0.15, 0.2) is 47.4 Å². The zero-order valence-electron chi connectivity index (χ0n) is 18.8. The summed E-state index contributed by atoms with van der Waals surface area (Å²) in [6, 6.07) is 8.54. The van der Waals surface area contributed by atoms with Crippen molar-refractivity contribution in [2.75, 3.05) is 26.6 Å². The van der Waals surface area contributed by atoms with Gasteiger partial charge in [-0.1, -0.05) is 18.2 Å². The number of ether oxygens (including phenoxy) is 3. The Hall–Kier alpha value is -2.80. The number of benzene rings is 1. The molecule has 0 radical (unpaired) electrons. The average molecular weight is 498 g/mol. The van der Waals surface area contributed by atoms with Gasteiger partial charge in [-0.05, 0) is 25.1 Å². The first-order valence-electron chi connectivity index (χ1n) is 10.2. The molecule has 1 aliphatic rings. The summed E-state index contributed by atoms with van der Waals surface area (Å²) in [5.41, 5.74) is 4.83. The van der Waals surface area contributed by atoms with Gasteiger partial charge < -0.3 is 29.6 Å². The van der Waals surface area contributed by atoms with Crippen molar-refractivity contribution >= 4 is 19.5 Å². The summed E-state index contributed by atoms with van der Waals surface area (Å²) >= 11 is 0. The Morgan fingerprint density at radius 2 is 2.03 bits per heavy atom. The van der Waals surface area contributed by atoms with Gasteiger partial charge in [0.05, 0.1) is 13.7 Å². The minimum absolute atomic E-state index is 0.0263. The van der Waals surface area contributed by atoms with Crippen LogP contribution in [0.2, 0.25) is 0 Å². The van der Waals surface area contributed by atoms with Crippen LogP contribution in [0.5, 0.6) is 5.75 Å². The first-order valence-corrected chi connectivity index (χ1v) is 11.8. The van der Waals surface area contributed by atoms with E-state index in [2.05, 4.69) is 14.8 Å². The number of carbonyl (C=O) groups excluding carboxylic acids is 1. The number of methoxy groups -OCH3 is 2. The molecular formula is C20H27N4O9P. The molecule has 1 saturated heterocycles. The predicted octanol–water partition coefficient (Wildman–Crippen LogP) is 0.454. The summed E-state index contributed by atoms with van der Waals surface area (Å²) in [5.74, 6) is -0.443. The highest BCUT2D eigenvalue weighted by molar-refractivity contribution is 7.52. The molecule has 1 aromatic heterocycles. The molecule has 0 bridgehead atoms. The van der Waals surface area contributed by atoms with Gasteiger partial charge in [0.1, 0.15) is 35.9 Å². The molecular weight excluding hydrogens is 471 g/mol. The topological polar surface area (TPSA) is 173 Å². The molecule has 0 saturated carbocycles. The van der Waals surface area contributed by atoms with Gasteiger partial charge in [-0.2, -0.15) is 10.1 Å². The number of aromatic nitrogens is 2. The lowest BCUT2D eigenvalue weighted by Gasteiger charge is -2.24. The van der Waals surface area contributed by atoms with Crippen LogP contribution in [0.25, 0.3) is 0 Å². The third-order valence-electron chi connectivity index (χ3n) is 4.99. The molecule has 2 aromatic rings. The van der Waals surface area contributed by atoms with E-state index in [9.17, 15) is 19.3 Å². The van der Waals surface area contributed by atoms with E-state index in [0.29, 0.717) is 0 Å². The highest BCUT2D eigenvalue weighted by atomic mass is 31.2. The number of hydrogen-bond acceptors (Lipinski definition) is 11. The van der Waals surface area contributed by atoms with E-state index in [1.807, 2.05) is 0 Å². The maximum atomic E-state index is 13.5. The summed E-state index contributed by atoms with van der Waals surface area (Å²) in [5, 5.41) is 13.2. The van der Waals surface area contributed by atoms with Crippen LogP contribution < -0.4 is 21.0 Å². The van der Waals surface area contributed by atoms with Gasteiger partial charge in [-0.3, -0.25) is 13.9 Å². The molecule has 6 atom stereocenters. The molecule has 2 heterocycles. The minimum Gasteiger partial charge on any atom is -0.468 e. The Labute approximate surface area is 195 Å².